The minimum atomic E-state index is -5.13. The second kappa shape index (κ2) is 5.39. The Labute approximate surface area is 81.6 Å². The first-order chi connectivity index (χ1) is 6.73. The van der Waals surface area contributed by atoms with Crippen molar-refractivity contribution in [1.29, 1.82) is 0 Å². The van der Waals surface area contributed by atoms with Crippen LogP contribution < -0.4 is 5.32 Å². The summed E-state index contributed by atoms with van der Waals surface area (Å²) in [5.74, 6) is -2.43. The van der Waals surface area contributed by atoms with Gasteiger partial charge in [-0.05, 0) is 0 Å². The van der Waals surface area contributed by atoms with Crippen LogP contribution in [0.5, 0.6) is 0 Å². The van der Waals surface area contributed by atoms with Crippen molar-refractivity contribution in [2.45, 2.75) is 12.3 Å². The molecule has 0 fully saturated rings. The molecule has 15 heavy (non-hydrogen) atoms. The van der Waals surface area contributed by atoms with Crippen molar-refractivity contribution in [3.63, 3.8) is 0 Å². The Morgan fingerprint density at radius 1 is 1.40 bits per heavy atom. The van der Waals surface area contributed by atoms with E-state index in [0.717, 1.165) is 0 Å². The minimum absolute atomic E-state index is 0.527. The summed E-state index contributed by atoms with van der Waals surface area (Å²) in [6, 6.07) is 0. The summed E-state index contributed by atoms with van der Waals surface area (Å²) in [5, 5.41) is 18.6. The molecule has 1 atom stereocenters. The first kappa shape index (κ1) is 13.5. The van der Waals surface area contributed by atoms with Gasteiger partial charge >= 0.3 is 18.2 Å². The molecule has 0 radical (unpaired) electrons. The number of amides is 1. The third-order valence-corrected chi connectivity index (χ3v) is 1.13. The molecule has 3 N–H and O–H groups in total. The molecule has 0 spiro atoms. The number of hydrogen-bond donors (Lipinski definition) is 3. The Morgan fingerprint density at radius 2 is 1.93 bits per heavy atom. The van der Waals surface area contributed by atoms with Crippen molar-refractivity contribution in [1.82, 2.24) is 5.32 Å². The molecular formula is C6H8F3NO5. The monoisotopic (exact) mass is 231 g/mol. The molecule has 0 saturated heterocycles. The number of alkyl halides is 3. The Kier molecular flexibility index (Phi) is 4.85. The third kappa shape index (κ3) is 6.55. The lowest BCUT2D eigenvalue weighted by Gasteiger charge is -2.11. The maximum absolute atomic E-state index is 11.5. The van der Waals surface area contributed by atoms with Gasteiger partial charge in [-0.3, -0.25) is 0 Å². The number of nitrogens with one attached hydrogen (secondary N) is 1. The Balaban J connectivity index is 3.76. The number of halogens is 3. The number of carbonyl (C=O) groups is 2. The minimum Gasteiger partial charge on any atom is -0.465 e. The summed E-state index contributed by atoms with van der Waals surface area (Å²) < 4.78 is 38.3. The van der Waals surface area contributed by atoms with Gasteiger partial charge in [0.05, 0.1) is 6.54 Å². The van der Waals surface area contributed by atoms with Crippen LogP contribution in [-0.4, -0.2) is 47.7 Å². The number of aliphatic hydroxyl groups is 1. The molecule has 0 aromatic carbocycles. The van der Waals surface area contributed by atoms with Gasteiger partial charge in [-0.15, -0.1) is 0 Å². The predicted molar refractivity (Wildman–Crippen MR) is 39.0 cm³/mol. The van der Waals surface area contributed by atoms with E-state index in [1.54, 1.807) is 5.32 Å². The number of carboxylic acid groups (broad SMARTS) is 1. The Bertz CT molecular complexity index is 241. The molecule has 0 saturated carbocycles. The quantitative estimate of drug-likeness (QED) is 0.578. The highest BCUT2D eigenvalue weighted by Gasteiger charge is 2.41. The highest BCUT2D eigenvalue weighted by molar-refractivity contribution is 5.75. The largest absolute Gasteiger partial charge is 0.490 e. The van der Waals surface area contributed by atoms with E-state index in [-0.39, 0.29) is 0 Å². The van der Waals surface area contributed by atoms with Crippen LogP contribution in [0.15, 0.2) is 0 Å². The van der Waals surface area contributed by atoms with Crippen molar-refractivity contribution < 1.29 is 37.7 Å². The summed E-state index contributed by atoms with van der Waals surface area (Å²) in [7, 11) is 0. The van der Waals surface area contributed by atoms with Gasteiger partial charge in [-0.25, -0.2) is 9.59 Å². The van der Waals surface area contributed by atoms with E-state index in [0.29, 0.717) is 0 Å². The summed E-state index contributed by atoms with van der Waals surface area (Å²) >= 11 is 0. The number of esters is 1. The highest BCUT2D eigenvalue weighted by Crippen LogP contribution is 2.16. The molecule has 0 aromatic heterocycles. The fourth-order valence-corrected chi connectivity index (χ4v) is 0.518. The van der Waals surface area contributed by atoms with Crippen LogP contribution in [0.1, 0.15) is 0 Å². The average Bonchev–Trinajstić information content (AvgIpc) is 2.09. The van der Waals surface area contributed by atoms with Crippen LogP contribution in [0.25, 0.3) is 0 Å². The summed E-state index contributed by atoms with van der Waals surface area (Å²) in [6.45, 7) is -1.46. The Morgan fingerprint density at radius 3 is 2.33 bits per heavy atom. The lowest BCUT2D eigenvalue weighted by molar-refractivity contribution is -0.201. The fraction of sp³-hybridized carbons (Fsp3) is 0.667. The first-order valence-corrected chi connectivity index (χ1v) is 3.62. The number of aliphatic hydroxyl groups excluding tert-OH is 1. The van der Waals surface area contributed by atoms with E-state index in [1.807, 2.05) is 0 Å². The molecule has 1 amide bonds. The number of hydrogen-bond acceptors (Lipinski definition) is 4. The maximum atomic E-state index is 11.5. The van der Waals surface area contributed by atoms with Gasteiger partial charge in [0.25, 0.3) is 0 Å². The molecule has 0 aliphatic carbocycles. The second-order valence-corrected chi connectivity index (χ2v) is 2.44. The van der Waals surface area contributed by atoms with Crippen molar-refractivity contribution in [2.75, 3.05) is 13.2 Å². The van der Waals surface area contributed by atoms with Crippen LogP contribution in [0.3, 0.4) is 0 Å². The molecule has 0 bridgehead atoms. The van der Waals surface area contributed by atoms with Crippen LogP contribution >= 0.6 is 0 Å². The molecule has 88 valence electrons. The van der Waals surface area contributed by atoms with Crippen molar-refractivity contribution in [3.8, 4) is 0 Å². The normalized spacial score (nSPS) is 13.1. The van der Waals surface area contributed by atoms with E-state index in [1.165, 1.54) is 0 Å². The van der Waals surface area contributed by atoms with Crippen molar-refractivity contribution in [3.05, 3.63) is 0 Å². The number of carbonyl (C=O) groups excluding carboxylic acids is 1. The van der Waals surface area contributed by atoms with Gasteiger partial charge in [-0.2, -0.15) is 13.2 Å². The van der Waals surface area contributed by atoms with E-state index in [9.17, 15) is 22.8 Å². The summed E-state index contributed by atoms with van der Waals surface area (Å²) in [4.78, 5) is 20.0. The first-order valence-electron chi connectivity index (χ1n) is 3.62. The molecule has 9 heteroatoms. The SMILES string of the molecule is O=C(O)NCC(O)COC(=O)C(F)(F)F. The fourth-order valence-electron chi connectivity index (χ4n) is 0.518. The van der Waals surface area contributed by atoms with Gasteiger partial charge in [0.2, 0.25) is 0 Å². The zero-order chi connectivity index (χ0) is 12.1. The molecule has 0 aromatic rings. The van der Waals surface area contributed by atoms with E-state index < -0.39 is 37.5 Å². The van der Waals surface area contributed by atoms with E-state index in [4.69, 9.17) is 10.2 Å². The molecule has 0 aliphatic heterocycles. The predicted octanol–water partition coefficient (Wildman–Crippen LogP) is -0.280. The zero-order valence-corrected chi connectivity index (χ0v) is 7.24. The molecule has 6 nitrogen and oxygen atoms in total. The number of ether oxygens (including phenoxy) is 1. The number of rotatable bonds is 4. The second-order valence-electron chi connectivity index (χ2n) is 2.44. The standard InChI is InChI=1S/C6H8F3NO5/c7-6(8,9)4(12)15-2-3(11)1-10-5(13)14/h3,10-11H,1-2H2,(H,13,14). The maximum Gasteiger partial charge on any atom is 0.490 e. The van der Waals surface area contributed by atoms with Gasteiger partial charge < -0.3 is 20.3 Å². The topological polar surface area (TPSA) is 95.9 Å². The molecule has 0 heterocycles. The summed E-state index contributed by atoms with van der Waals surface area (Å²) in [5.41, 5.74) is 0. The smallest absolute Gasteiger partial charge is 0.465 e. The Hall–Kier alpha value is -1.51. The van der Waals surface area contributed by atoms with E-state index in [2.05, 4.69) is 4.74 Å². The van der Waals surface area contributed by atoms with Gasteiger partial charge in [0, 0.05) is 0 Å². The zero-order valence-electron chi connectivity index (χ0n) is 7.24. The third-order valence-electron chi connectivity index (χ3n) is 1.13. The van der Waals surface area contributed by atoms with Crippen LogP contribution in [0.2, 0.25) is 0 Å². The molecule has 1 unspecified atom stereocenters. The lowest BCUT2D eigenvalue weighted by atomic mass is 10.4. The van der Waals surface area contributed by atoms with Crippen molar-refractivity contribution in [2.24, 2.45) is 0 Å². The van der Waals surface area contributed by atoms with Gasteiger partial charge in [-0.1, -0.05) is 0 Å². The molecule has 0 aliphatic rings. The highest BCUT2D eigenvalue weighted by atomic mass is 19.4. The molecular weight excluding hydrogens is 223 g/mol. The van der Waals surface area contributed by atoms with Crippen LogP contribution in [0.4, 0.5) is 18.0 Å². The van der Waals surface area contributed by atoms with Crippen molar-refractivity contribution >= 4 is 12.1 Å². The van der Waals surface area contributed by atoms with Gasteiger partial charge in [0.1, 0.15) is 12.7 Å². The van der Waals surface area contributed by atoms with E-state index >= 15 is 0 Å². The average molecular weight is 231 g/mol. The molecule has 0 rings (SSSR count). The lowest BCUT2D eigenvalue weighted by Crippen LogP contribution is -2.36. The van der Waals surface area contributed by atoms with Gasteiger partial charge in [0.15, 0.2) is 0 Å². The van der Waals surface area contributed by atoms with Crippen LogP contribution in [-0.2, 0) is 9.53 Å². The van der Waals surface area contributed by atoms with Crippen LogP contribution in [0, 0.1) is 0 Å². The summed E-state index contributed by atoms with van der Waals surface area (Å²) in [6.07, 6.45) is -8.09.